The molecule has 0 aliphatic carbocycles. The van der Waals surface area contributed by atoms with Crippen molar-refractivity contribution >= 4 is 5.97 Å². The van der Waals surface area contributed by atoms with Gasteiger partial charge in [0.1, 0.15) is 5.76 Å². The smallest absolute Gasteiger partial charge is 0.372 e. The Kier molecular flexibility index (Phi) is 5.53. The highest BCUT2D eigenvalue weighted by atomic mass is 16.5. The SMILES string of the molecule is COCCC(C)(O)CNCc1cc(C)c(C(=O)O)o1. The number of hydrogen-bond donors (Lipinski definition) is 3. The minimum Gasteiger partial charge on any atom is -0.475 e. The van der Waals surface area contributed by atoms with Gasteiger partial charge in [0, 0.05) is 32.2 Å². The summed E-state index contributed by atoms with van der Waals surface area (Å²) in [6.07, 6.45) is 0.522. The van der Waals surface area contributed by atoms with Gasteiger partial charge in [-0.2, -0.15) is 0 Å². The first-order chi connectivity index (χ1) is 8.85. The second-order valence-corrected chi connectivity index (χ2v) is 4.87. The first-order valence-corrected chi connectivity index (χ1v) is 6.10. The summed E-state index contributed by atoms with van der Waals surface area (Å²) in [6.45, 7) is 4.63. The molecule has 0 aromatic carbocycles. The molecule has 0 saturated carbocycles. The normalized spacial score (nSPS) is 14.3. The van der Waals surface area contributed by atoms with Crippen LogP contribution in [0.3, 0.4) is 0 Å². The quantitative estimate of drug-likeness (QED) is 0.657. The van der Waals surface area contributed by atoms with Gasteiger partial charge in [-0.15, -0.1) is 0 Å². The van der Waals surface area contributed by atoms with E-state index in [2.05, 4.69) is 5.32 Å². The van der Waals surface area contributed by atoms with Gasteiger partial charge < -0.3 is 24.7 Å². The van der Waals surface area contributed by atoms with Gasteiger partial charge in [-0.25, -0.2) is 4.79 Å². The molecule has 19 heavy (non-hydrogen) atoms. The maximum absolute atomic E-state index is 10.8. The molecular formula is C13H21NO5. The average Bonchev–Trinajstić information content (AvgIpc) is 2.68. The van der Waals surface area contributed by atoms with E-state index in [1.54, 1.807) is 27.0 Å². The Balaban J connectivity index is 2.45. The molecule has 0 aliphatic rings. The van der Waals surface area contributed by atoms with Gasteiger partial charge in [0.2, 0.25) is 5.76 Å². The van der Waals surface area contributed by atoms with Gasteiger partial charge in [-0.1, -0.05) is 0 Å². The van der Waals surface area contributed by atoms with Gasteiger partial charge in [-0.05, 0) is 19.9 Å². The van der Waals surface area contributed by atoms with Crippen LogP contribution >= 0.6 is 0 Å². The molecule has 108 valence electrons. The molecule has 0 bridgehead atoms. The molecule has 0 radical (unpaired) electrons. The number of aromatic carboxylic acids is 1. The van der Waals surface area contributed by atoms with E-state index in [1.165, 1.54) is 0 Å². The number of aryl methyl sites for hydroxylation is 1. The summed E-state index contributed by atoms with van der Waals surface area (Å²) in [6, 6.07) is 1.68. The first-order valence-electron chi connectivity index (χ1n) is 6.10. The number of carboxylic acids is 1. The Morgan fingerprint density at radius 1 is 1.58 bits per heavy atom. The predicted molar refractivity (Wildman–Crippen MR) is 69.2 cm³/mol. The van der Waals surface area contributed by atoms with Gasteiger partial charge in [0.15, 0.2) is 0 Å². The highest BCUT2D eigenvalue weighted by Crippen LogP contribution is 2.15. The molecule has 6 heteroatoms. The molecule has 1 aromatic heterocycles. The molecule has 1 aromatic rings. The Bertz CT molecular complexity index is 425. The highest BCUT2D eigenvalue weighted by molar-refractivity contribution is 5.86. The van der Waals surface area contributed by atoms with Gasteiger partial charge in [-0.3, -0.25) is 0 Å². The molecule has 3 N–H and O–H groups in total. The number of ether oxygens (including phenoxy) is 1. The second kappa shape index (κ2) is 6.70. The lowest BCUT2D eigenvalue weighted by molar-refractivity contribution is 0.0243. The van der Waals surface area contributed by atoms with Crippen molar-refractivity contribution in [2.24, 2.45) is 0 Å². The van der Waals surface area contributed by atoms with Crippen molar-refractivity contribution in [2.45, 2.75) is 32.4 Å². The summed E-state index contributed by atoms with van der Waals surface area (Å²) in [5.41, 5.74) is -0.275. The third-order valence-electron chi connectivity index (χ3n) is 2.81. The number of rotatable bonds is 8. The van der Waals surface area contributed by atoms with Crippen LogP contribution in [0.25, 0.3) is 0 Å². The van der Waals surface area contributed by atoms with Crippen LogP contribution in [0.1, 0.15) is 35.2 Å². The zero-order chi connectivity index (χ0) is 14.5. The molecule has 0 amide bonds. The minimum absolute atomic E-state index is 0.0389. The van der Waals surface area contributed by atoms with Crippen molar-refractivity contribution in [3.8, 4) is 0 Å². The van der Waals surface area contributed by atoms with E-state index in [0.29, 0.717) is 37.4 Å². The van der Waals surface area contributed by atoms with E-state index in [9.17, 15) is 9.90 Å². The van der Waals surface area contributed by atoms with Crippen molar-refractivity contribution < 1.29 is 24.2 Å². The molecule has 0 fully saturated rings. The van der Waals surface area contributed by atoms with Crippen molar-refractivity contribution in [3.05, 3.63) is 23.2 Å². The molecule has 6 nitrogen and oxygen atoms in total. The monoisotopic (exact) mass is 271 g/mol. The molecule has 1 atom stereocenters. The zero-order valence-electron chi connectivity index (χ0n) is 11.5. The van der Waals surface area contributed by atoms with Crippen LogP contribution in [-0.4, -0.2) is 42.0 Å². The molecular weight excluding hydrogens is 250 g/mol. The summed E-state index contributed by atoms with van der Waals surface area (Å²) < 4.78 is 10.1. The van der Waals surface area contributed by atoms with Crippen LogP contribution in [0.5, 0.6) is 0 Å². The van der Waals surface area contributed by atoms with Crippen LogP contribution in [0.2, 0.25) is 0 Å². The topological polar surface area (TPSA) is 91.9 Å². The number of methoxy groups -OCH3 is 1. The summed E-state index contributed by atoms with van der Waals surface area (Å²) in [5.74, 6) is -0.573. The lowest BCUT2D eigenvalue weighted by atomic mass is 10.0. The van der Waals surface area contributed by atoms with Crippen LogP contribution in [0.4, 0.5) is 0 Å². The van der Waals surface area contributed by atoms with Crippen LogP contribution in [0.15, 0.2) is 10.5 Å². The number of carboxylic acid groups (broad SMARTS) is 1. The van der Waals surface area contributed by atoms with Crippen LogP contribution < -0.4 is 5.32 Å². The fourth-order valence-electron chi connectivity index (χ4n) is 1.71. The largest absolute Gasteiger partial charge is 0.475 e. The predicted octanol–water partition coefficient (Wildman–Crippen LogP) is 1.16. The molecule has 1 heterocycles. The highest BCUT2D eigenvalue weighted by Gasteiger charge is 2.20. The van der Waals surface area contributed by atoms with E-state index in [1.807, 2.05) is 0 Å². The zero-order valence-corrected chi connectivity index (χ0v) is 11.5. The first kappa shape index (κ1) is 15.7. The Labute approximate surface area is 112 Å². The van der Waals surface area contributed by atoms with Crippen molar-refractivity contribution in [1.29, 1.82) is 0 Å². The third kappa shape index (κ3) is 5.02. The van der Waals surface area contributed by atoms with E-state index >= 15 is 0 Å². The van der Waals surface area contributed by atoms with Crippen molar-refractivity contribution in [1.82, 2.24) is 5.32 Å². The minimum atomic E-state index is -1.07. The molecule has 1 rings (SSSR count). The Hall–Kier alpha value is -1.37. The summed E-state index contributed by atoms with van der Waals surface area (Å²) >= 11 is 0. The Morgan fingerprint density at radius 3 is 2.79 bits per heavy atom. The van der Waals surface area contributed by atoms with E-state index < -0.39 is 11.6 Å². The molecule has 0 spiro atoms. The standard InChI is InChI=1S/C13H21NO5/c1-9-6-10(19-11(9)12(15)16)7-14-8-13(2,17)4-5-18-3/h6,14,17H,4-5,7-8H2,1-3H3,(H,15,16). The number of hydrogen-bond acceptors (Lipinski definition) is 5. The maximum Gasteiger partial charge on any atom is 0.372 e. The number of nitrogens with one attached hydrogen (secondary N) is 1. The Morgan fingerprint density at radius 2 is 2.26 bits per heavy atom. The maximum atomic E-state index is 10.8. The second-order valence-electron chi connectivity index (χ2n) is 4.87. The lowest BCUT2D eigenvalue weighted by Crippen LogP contribution is -2.38. The summed E-state index contributed by atoms with van der Waals surface area (Å²) in [4.78, 5) is 10.8. The van der Waals surface area contributed by atoms with Gasteiger partial charge in [0.05, 0.1) is 12.1 Å². The average molecular weight is 271 g/mol. The molecule has 0 aliphatic heterocycles. The fraction of sp³-hybridized carbons (Fsp3) is 0.615. The van der Waals surface area contributed by atoms with E-state index in [0.717, 1.165) is 0 Å². The van der Waals surface area contributed by atoms with Crippen molar-refractivity contribution in [3.63, 3.8) is 0 Å². The molecule has 1 unspecified atom stereocenters. The number of aliphatic hydroxyl groups is 1. The van der Waals surface area contributed by atoms with E-state index in [4.69, 9.17) is 14.3 Å². The summed E-state index contributed by atoms with van der Waals surface area (Å²) in [7, 11) is 1.59. The number of furan rings is 1. The lowest BCUT2D eigenvalue weighted by Gasteiger charge is -2.23. The fourth-order valence-corrected chi connectivity index (χ4v) is 1.71. The van der Waals surface area contributed by atoms with Crippen molar-refractivity contribution in [2.75, 3.05) is 20.3 Å². The van der Waals surface area contributed by atoms with E-state index in [-0.39, 0.29) is 5.76 Å². The number of carbonyl (C=O) groups is 1. The van der Waals surface area contributed by atoms with Gasteiger partial charge >= 0.3 is 5.97 Å². The van der Waals surface area contributed by atoms with Crippen LogP contribution in [0, 0.1) is 6.92 Å². The van der Waals surface area contributed by atoms with Gasteiger partial charge in [0.25, 0.3) is 0 Å². The third-order valence-corrected chi connectivity index (χ3v) is 2.81. The summed E-state index contributed by atoms with van der Waals surface area (Å²) in [5, 5.41) is 21.9. The van der Waals surface area contributed by atoms with Crippen LogP contribution in [-0.2, 0) is 11.3 Å². The molecule has 0 saturated heterocycles.